The van der Waals surface area contributed by atoms with E-state index in [2.05, 4.69) is 19.2 Å². The van der Waals surface area contributed by atoms with Gasteiger partial charge < -0.3 is 10.2 Å². The summed E-state index contributed by atoms with van der Waals surface area (Å²) in [7, 11) is 1.85. The van der Waals surface area contributed by atoms with Crippen molar-refractivity contribution >= 4 is 5.91 Å². The Morgan fingerprint density at radius 3 is 2.67 bits per heavy atom. The number of likely N-dealkylation sites (N-methyl/N-ethyl adjacent to an activating group) is 1. The van der Waals surface area contributed by atoms with Crippen LogP contribution in [0.5, 0.6) is 0 Å². The molecule has 1 aliphatic rings. The van der Waals surface area contributed by atoms with Crippen LogP contribution >= 0.6 is 0 Å². The van der Waals surface area contributed by atoms with Crippen LogP contribution in [0.2, 0.25) is 0 Å². The molecule has 0 aliphatic heterocycles. The molecule has 3 nitrogen and oxygen atoms in total. The van der Waals surface area contributed by atoms with Crippen LogP contribution in [0.15, 0.2) is 0 Å². The second kappa shape index (κ2) is 4.97. The van der Waals surface area contributed by atoms with E-state index in [1.807, 2.05) is 14.0 Å². The topological polar surface area (TPSA) is 32.3 Å². The van der Waals surface area contributed by atoms with Crippen molar-refractivity contribution in [1.82, 2.24) is 10.2 Å². The van der Waals surface area contributed by atoms with Gasteiger partial charge in [-0.05, 0) is 31.6 Å². The minimum atomic E-state index is 0.196. The molecule has 88 valence electrons. The molecular formula is C12H24N2O. The molecule has 1 unspecified atom stereocenters. The largest absolute Gasteiger partial charge is 0.345 e. The number of amides is 1. The molecule has 0 aromatic carbocycles. The molecule has 0 spiro atoms. The van der Waals surface area contributed by atoms with Crippen LogP contribution in [0.25, 0.3) is 0 Å². The molecule has 0 heterocycles. The molecule has 0 aromatic rings. The molecule has 1 amide bonds. The first-order valence-corrected chi connectivity index (χ1v) is 5.92. The highest BCUT2D eigenvalue weighted by molar-refractivity contribution is 5.77. The minimum absolute atomic E-state index is 0.196. The summed E-state index contributed by atoms with van der Waals surface area (Å²) in [5.41, 5.74) is 0.456. The van der Waals surface area contributed by atoms with E-state index in [9.17, 15) is 4.79 Å². The van der Waals surface area contributed by atoms with Crippen molar-refractivity contribution < 1.29 is 4.79 Å². The van der Waals surface area contributed by atoms with E-state index < -0.39 is 0 Å². The van der Waals surface area contributed by atoms with E-state index in [4.69, 9.17) is 0 Å². The molecule has 1 fully saturated rings. The van der Waals surface area contributed by atoms with Crippen molar-refractivity contribution in [1.29, 1.82) is 0 Å². The SMILES string of the molecule is CCN(C)C(=O)CNC1CCC(C)(C)C1. The number of nitrogens with zero attached hydrogens (tertiary/aromatic N) is 1. The zero-order valence-corrected chi connectivity index (χ0v) is 10.5. The van der Waals surface area contributed by atoms with Gasteiger partial charge in [0, 0.05) is 19.6 Å². The summed E-state index contributed by atoms with van der Waals surface area (Å²) in [4.78, 5) is 13.3. The fourth-order valence-electron chi connectivity index (χ4n) is 2.15. The van der Waals surface area contributed by atoms with E-state index in [0.717, 1.165) is 6.54 Å². The Labute approximate surface area is 93.2 Å². The smallest absolute Gasteiger partial charge is 0.236 e. The first-order chi connectivity index (χ1) is 6.94. The lowest BCUT2D eigenvalue weighted by atomic mass is 9.92. The average Bonchev–Trinajstić information content (AvgIpc) is 2.53. The van der Waals surface area contributed by atoms with Crippen LogP contribution < -0.4 is 5.32 Å². The lowest BCUT2D eigenvalue weighted by molar-refractivity contribution is -0.128. The zero-order chi connectivity index (χ0) is 11.5. The Bertz CT molecular complexity index is 226. The molecule has 3 heteroatoms. The standard InChI is InChI=1S/C12H24N2O/c1-5-14(4)11(15)9-13-10-6-7-12(2,3)8-10/h10,13H,5-9H2,1-4H3. The normalized spacial score (nSPS) is 24.1. The number of carbonyl (C=O) groups is 1. The van der Waals surface area contributed by atoms with Gasteiger partial charge in [0.1, 0.15) is 0 Å². The molecular weight excluding hydrogens is 188 g/mol. The van der Waals surface area contributed by atoms with Gasteiger partial charge in [0.2, 0.25) is 5.91 Å². The monoisotopic (exact) mass is 212 g/mol. The lowest BCUT2D eigenvalue weighted by Gasteiger charge is -2.19. The highest BCUT2D eigenvalue weighted by Crippen LogP contribution is 2.36. The van der Waals surface area contributed by atoms with Gasteiger partial charge >= 0.3 is 0 Å². The van der Waals surface area contributed by atoms with Crippen molar-refractivity contribution in [2.75, 3.05) is 20.1 Å². The maximum Gasteiger partial charge on any atom is 0.236 e. The highest BCUT2D eigenvalue weighted by atomic mass is 16.2. The van der Waals surface area contributed by atoms with Crippen LogP contribution in [-0.2, 0) is 4.79 Å². The van der Waals surface area contributed by atoms with Crippen molar-refractivity contribution in [3.8, 4) is 0 Å². The Hall–Kier alpha value is -0.570. The van der Waals surface area contributed by atoms with Gasteiger partial charge in [0.15, 0.2) is 0 Å². The minimum Gasteiger partial charge on any atom is -0.345 e. The molecule has 0 aromatic heterocycles. The van der Waals surface area contributed by atoms with E-state index in [1.165, 1.54) is 19.3 Å². The summed E-state index contributed by atoms with van der Waals surface area (Å²) in [6, 6.07) is 0.536. The quantitative estimate of drug-likeness (QED) is 0.768. The molecule has 1 aliphatic carbocycles. The fourth-order valence-corrected chi connectivity index (χ4v) is 2.15. The first kappa shape index (κ1) is 12.5. The third-order valence-corrected chi connectivity index (χ3v) is 3.41. The summed E-state index contributed by atoms with van der Waals surface area (Å²) < 4.78 is 0. The predicted molar refractivity (Wildman–Crippen MR) is 62.7 cm³/mol. The van der Waals surface area contributed by atoms with Crippen LogP contribution in [0.1, 0.15) is 40.0 Å². The maximum absolute atomic E-state index is 11.6. The van der Waals surface area contributed by atoms with Crippen molar-refractivity contribution in [3.05, 3.63) is 0 Å². The van der Waals surface area contributed by atoms with Crippen molar-refractivity contribution in [3.63, 3.8) is 0 Å². The Balaban J connectivity index is 2.24. The Morgan fingerprint density at radius 2 is 2.20 bits per heavy atom. The van der Waals surface area contributed by atoms with Crippen molar-refractivity contribution in [2.24, 2.45) is 5.41 Å². The van der Waals surface area contributed by atoms with Crippen LogP contribution in [0.3, 0.4) is 0 Å². The van der Waals surface area contributed by atoms with E-state index in [-0.39, 0.29) is 5.91 Å². The highest BCUT2D eigenvalue weighted by Gasteiger charge is 2.30. The molecule has 0 saturated heterocycles. The second-order valence-electron chi connectivity index (χ2n) is 5.39. The summed E-state index contributed by atoms with van der Waals surface area (Å²) in [5, 5.41) is 3.36. The third-order valence-electron chi connectivity index (χ3n) is 3.41. The number of hydrogen-bond donors (Lipinski definition) is 1. The molecule has 15 heavy (non-hydrogen) atoms. The van der Waals surface area contributed by atoms with E-state index in [1.54, 1.807) is 4.90 Å². The predicted octanol–water partition coefficient (Wildman–Crippen LogP) is 1.63. The van der Waals surface area contributed by atoms with Crippen LogP contribution in [-0.4, -0.2) is 37.0 Å². The number of rotatable bonds is 4. The second-order valence-corrected chi connectivity index (χ2v) is 5.39. The van der Waals surface area contributed by atoms with Gasteiger partial charge in [-0.25, -0.2) is 0 Å². The first-order valence-electron chi connectivity index (χ1n) is 5.92. The van der Waals surface area contributed by atoms with Gasteiger partial charge in [-0.1, -0.05) is 13.8 Å². The number of hydrogen-bond acceptors (Lipinski definition) is 2. The Morgan fingerprint density at radius 1 is 1.53 bits per heavy atom. The molecule has 1 atom stereocenters. The average molecular weight is 212 g/mol. The summed E-state index contributed by atoms with van der Waals surface area (Å²) >= 11 is 0. The lowest BCUT2D eigenvalue weighted by Crippen LogP contribution is -2.39. The molecule has 0 radical (unpaired) electrons. The van der Waals surface area contributed by atoms with Crippen molar-refractivity contribution in [2.45, 2.75) is 46.1 Å². The maximum atomic E-state index is 11.6. The molecule has 1 N–H and O–H groups in total. The summed E-state index contributed by atoms with van der Waals surface area (Å²) in [5.74, 6) is 0.196. The number of carbonyl (C=O) groups excluding carboxylic acids is 1. The van der Waals surface area contributed by atoms with E-state index in [0.29, 0.717) is 18.0 Å². The van der Waals surface area contributed by atoms with Gasteiger partial charge in [-0.2, -0.15) is 0 Å². The van der Waals surface area contributed by atoms with Crippen LogP contribution in [0, 0.1) is 5.41 Å². The van der Waals surface area contributed by atoms with Gasteiger partial charge in [-0.3, -0.25) is 4.79 Å². The Kier molecular flexibility index (Phi) is 4.14. The third kappa shape index (κ3) is 3.82. The summed E-state index contributed by atoms with van der Waals surface area (Å²) in [6.07, 6.45) is 3.66. The molecule has 0 bridgehead atoms. The zero-order valence-electron chi connectivity index (χ0n) is 10.5. The van der Waals surface area contributed by atoms with Crippen LogP contribution in [0.4, 0.5) is 0 Å². The molecule has 1 rings (SSSR count). The summed E-state index contributed by atoms with van der Waals surface area (Å²) in [6.45, 7) is 7.88. The fraction of sp³-hybridized carbons (Fsp3) is 0.917. The van der Waals surface area contributed by atoms with Gasteiger partial charge in [0.25, 0.3) is 0 Å². The number of nitrogens with one attached hydrogen (secondary N) is 1. The van der Waals surface area contributed by atoms with Gasteiger partial charge in [-0.15, -0.1) is 0 Å². The van der Waals surface area contributed by atoms with Gasteiger partial charge in [0.05, 0.1) is 6.54 Å². The molecule has 1 saturated carbocycles. The van der Waals surface area contributed by atoms with E-state index >= 15 is 0 Å².